The fourth-order valence-electron chi connectivity index (χ4n) is 5.20. The van der Waals surface area contributed by atoms with Crippen LogP contribution in [0.25, 0.3) is 10.3 Å². The number of nitrogens with zero attached hydrogens (tertiary/aromatic N) is 4. The standard InChI is InChI=1S/C32H34F3N7O3S/c1-3-41-10-12-42(13-11-41)18-20-14-22(32(33,34)35)16-24(15-20)37-30(44)36-23-7-4-19(2)26(17-23)45-27-9-8-25-29(39-27)46-31(38-25)40-28(43)21-5-6-21/h4,7-9,14-17,21H,3,5-6,10-13,18H2,1-2H3,(H2,36,37,44)(H,38,40,43). The topological polar surface area (TPSA) is 112 Å². The molecule has 1 saturated heterocycles. The number of urea groups is 1. The molecule has 0 spiro atoms. The number of ether oxygens (including phenoxy) is 1. The molecule has 0 unspecified atom stereocenters. The quantitative estimate of drug-likeness (QED) is 0.179. The van der Waals surface area contributed by atoms with Gasteiger partial charge in [-0.2, -0.15) is 13.2 Å². The largest absolute Gasteiger partial charge is 0.439 e. The number of benzene rings is 2. The number of rotatable bonds is 9. The van der Waals surface area contributed by atoms with Crippen LogP contribution in [0.3, 0.4) is 0 Å². The number of likely N-dealkylation sites (N-methyl/N-ethyl adjacent to an activating group) is 1. The van der Waals surface area contributed by atoms with E-state index in [0.29, 0.717) is 44.9 Å². The number of aryl methyl sites for hydroxylation is 1. The van der Waals surface area contributed by atoms with Gasteiger partial charge in [0.1, 0.15) is 16.1 Å². The van der Waals surface area contributed by atoms with E-state index in [2.05, 4.69) is 42.6 Å². The van der Waals surface area contributed by atoms with Crippen LogP contribution in [0, 0.1) is 12.8 Å². The number of fused-ring (bicyclic) bond motifs is 1. The number of piperazine rings is 1. The summed E-state index contributed by atoms with van der Waals surface area (Å²) in [7, 11) is 0. The monoisotopic (exact) mass is 653 g/mol. The molecule has 14 heteroatoms. The Kier molecular flexibility index (Phi) is 9.11. The van der Waals surface area contributed by atoms with E-state index in [0.717, 1.165) is 63.3 Å². The number of pyridine rings is 1. The Morgan fingerprint density at radius 1 is 0.935 bits per heavy atom. The Balaban J connectivity index is 1.12. The van der Waals surface area contributed by atoms with Gasteiger partial charge in [-0.1, -0.05) is 24.3 Å². The third-order valence-corrected chi connectivity index (χ3v) is 8.85. The maximum Gasteiger partial charge on any atom is 0.416 e. The first kappa shape index (κ1) is 31.7. The van der Waals surface area contributed by atoms with Crippen LogP contribution >= 0.6 is 11.3 Å². The molecule has 2 aliphatic rings. The summed E-state index contributed by atoms with van der Waals surface area (Å²) in [5.74, 6) is 0.757. The van der Waals surface area contributed by atoms with Crippen molar-refractivity contribution in [3.05, 3.63) is 65.2 Å². The van der Waals surface area contributed by atoms with E-state index in [1.807, 2.05) is 6.92 Å². The second-order valence-corrected chi connectivity index (χ2v) is 12.5. The summed E-state index contributed by atoms with van der Waals surface area (Å²) in [5, 5.41) is 8.56. The zero-order valence-corrected chi connectivity index (χ0v) is 26.2. The number of amides is 3. The van der Waals surface area contributed by atoms with Crippen LogP contribution in [0.5, 0.6) is 11.6 Å². The average molecular weight is 654 g/mol. The molecule has 1 saturated carbocycles. The lowest BCUT2D eigenvalue weighted by atomic mass is 10.1. The average Bonchev–Trinajstić information content (AvgIpc) is 3.79. The van der Waals surface area contributed by atoms with Gasteiger partial charge in [-0.15, -0.1) is 0 Å². The number of halogens is 3. The number of alkyl halides is 3. The number of carbonyl (C=O) groups excluding carboxylic acids is 2. The summed E-state index contributed by atoms with van der Waals surface area (Å²) in [6, 6.07) is 11.4. The van der Waals surface area contributed by atoms with Gasteiger partial charge in [-0.3, -0.25) is 9.69 Å². The number of aromatic nitrogens is 2. The number of hydrogen-bond donors (Lipinski definition) is 3. The van der Waals surface area contributed by atoms with Crippen molar-refractivity contribution in [2.75, 3.05) is 48.7 Å². The summed E-state index contributed by atoms with van der Waals surface area (Å²) in [5.41, 5.74) is 1.49. The molecule has 3 amide bonds. The fraction of sp³-hybridized carbons (Fsp3) is 0.375. The number of anilines is 3. The van der Waals surface area contributed by atoms with E-state index in [-0.39, 0.29) is 17.5 Å². The van der Waals surface area contributed by atoms with Gasteiger partial charge in [0, 0.05) is 62.1 Å². The van der Waals surface area contributed by atoms with Gasteiger partial charge in [0.15, 0.2) is 5.13 Å². The molecule has 3 heterocycles. The Labute approximate surface area is 268 Å². The summed E-state index contributed by atoms with van der Waals surface area (Å²) < 4.78 is 47.3. The molecule has 0 radical (unpaired) electrons. The van der Waals surface area contributed by atoms with E-state index < -0.39 is 17.8 Å². The minimum absolute atomic E-state index is 0.0333. The van der Waals surface area contributed by atoms with Crippen LogP contribution in [-0.2, 0) is 17.5 Å². The van der Waals surface area contributed by atoms with Gasteiger partial charge in [-0.25, -0.2) is 14.8 Å². The third kappa shape index (κ3) is 7.92. The second kappa shape index (κ2) is 13.2. The minimum Gasteiger partial charge on any atom is -0.439 e. The molecule has 4 aromatic rings. The Bertz CT molecular complexity index is 1750. The van der Waals surface area contributed by atoms with Gasteiger partial charge in [0.25, 0.3) is 0 Å². The molecular formula is C32H34F3N7O3S. The maximum atomic E-state index is 13.8. The van der Waals surface area contributed by atoms with Crippen molar-refractivity contribution in [3.8, 4) is 11.6 Å². The molecule has 6 rings (SSSR count). The molecule has 2 fully saturated rings. The summed E-state index contributed by atoms with van der Waals surface area (Å²) >= 11 is 1.25. The molecule has 0 bridgehead atoms. The highest BCUT2D eigenvalue weighted by molar-refractivity contribution is 7.21. The smallest absolute Gasteiger partial charge is 0.416 e. The number of hydrogen-bond acceptors (Lipinski definition) is 8. The van der Waals surface area contributed by atoms with Gasteiger partial charge in [0.05, 0.1) is 5.56 Å². The lowest BCUT2D eigenvalue weighted by Gasteiger charge is -2.34. The zero-order valence-electron chi connectivity index (χ0n) is 25.4. The molecule has 46 heavy (non-hydrogen) atoms. The van der Waals surface area contributed by atoms with E-state index in [9.17, 15) is 22.8 Å². The Morgan fingerprint density at radius 3 is 2.39 bits per heavy atom. The first-order valence-corrected chi connectivity index (χ1v) is 15.9. The molecule has 2 aromatic heterocycles. The van der Waals surface area contributed by atoms with Crippen molar-refractivity contribution in [2.24, 2.45) is 5.92 Å². The molecule has 1 aliphatic carbocycles. The third-order valence-electron chi connectivity index (χ3n) is 7.97. The van der Waals surface area contributed by atoms with Crippen molar-refractivity contribution >= 4 is 50.1 Å². The highest BCUT2D eigenvalue weighted by Gasteiger charge is 2.32. The van der Waals surface area contributed by atoms with Crippen LogP contribution in [-0.4, -0.2) is 64.4 Å². The number of thiazole rings is 1. The van der Waals surface area contributed by atoms with Crippen LogP contribution in [0.4, 0.5) is 34.5 Å². The maximum absolute atomic E-state index is 13.8. The highest BCUT2D eigenvalue weighted by Crippen LogP contribution is 2.35. The Hall–Kier alpha value is -4.27. The molecular weight excluding hydrogens is 619 g/mol. The van der Waals surface area contributed by atoms with E-state index in [1.54, 1.807) is 36.4 Å². The second-order valence-electron chi connectivity index (χ2n) is 11.5. The predicted molar refractivity (Wildman–Crippen MR) is 171 cm³/mol. The van der Waals surface area contributed by atoms with Crippen molar-refractivity contribution in [1.82, 2.24) is 19.8 Å². The first-order chi connectivity index (χ1) is 22.0. The SMILES string of the molecule is CCN1CCN(Cc2cc(NC(=O)Nc3ccc(C)c(Oc4ccc5nc(NC(=O)C6CC6)sc5n4)c3)cc(C(F)(F)F)c2)CC1. The van der Waals surface area contributed by atoms with Gasteiger partial charge < -0.3 is 25.6 Å². The molecule has 1 aliphatic heterocycles. The van der Waals surface area contributed by atoms with Crippen LogP contribution in [0.1, 0.15) is 36.5 Å². The van der Waals surface area contributed by atoms with Crippen molar-refractivity contribution in [2.45, 2.75) is 39.4 Å². The lowest BCUT2D eigenvalue weighted by molar-refractivity contribution is -0.137. The molecule has 0 atom stereocenters. The number of carbonyl (C=O) groups is 2. The normalized spacial score (nSPS) is 15.9. The lowest BCUT2D eigenvalue weighted by Crippen LogP contribution is -2.45. The molecule has 242 valence electrons. The van der Waals surface area contributed by atoms with E-state index >= 15 is 0 Å². The predicted octanol–water partition coefficient (Wildman–Crippen LogP) is 6.94. The minimum atomic E-state index is -4.56. The number of nitrogens with one attached hydrogen (secondary N) is 3. The van der Waals surface area contributed by atoms with Crippen molar-refractivity contribution in [1.29, 1.82) is 0 Å². The van der Waals surface area contributed by atoms with Gasteiger partial charge in [-0.05, 0) is 67.8 Å². The van der Waals surface area contributed by atoms with Crippen molar-refractivity contribution in [3.63, 3.8) is 0 Å². The zero-order chi connectivity index (χ0) is 32.4. The molecule has 2 aromatic carbocycles. The molecule has 10 nitrogen and oxygen atoms in total. The Morgan fingerprint density at radius 2 is 1.67 bits per heavy atom. The van der Waals surface area contributed by atoms with Gasteiger partial charge in [0.2, 0.25) is 11.8 Å². The van der Waals surface area contributed by atoms with Gasteiger partial charge >= 0.3 is 12.2 Å². The first-order valence-electron chi connectivity index (χ1n) is 15.1. The van der Waals surface area contributed by atoms with Crippen LogP contribution in [0.2, 0.25) is 0 Å². The molecule has 3 N–H and O–H groups in total. The van der Waals surface area contributed by atoms with E-state index in [4.69, 9.17) is 4.74 Å². The summed E-state index contributed by atoms with van der Waals surface area (Å²) in [6.07, 6.45) is -2.77. The van der Waals surface area contributed by atoms with Crippen LogP contribution < -0.4 is 20.7 Å². The van der Waals surface area contributed by atoms with Crippen LogP contribution in [0.15, 0.2) is 48.5 Å². The fourth-order valence-corrected chi connectivity index (χ4v) is 6.03. The highest BCUT2D eigenvalue weighted by atomic mass is 32.1. The summed E-state index contributed by atoms with van der Waals surface area (Å²) in [6.45, 7) is 8.47. The van der Waals surface area contributed by atoms with E-state index in [1.165, 1.54) is 11.3 Å². The van der Waals surface area contributed by atoms with Crippen molar-refractivity contribution < 1.29 is 27.5 Å². The summed E-state index contributed by atoms with van der Waals surface area (Å²) in [4.78, 5) is 39.0.